The van der Waals surface area contributed by atoms with E-state index in [-0.39, 0.29) is 25.5 Å². The molecule has 1 aromatic rings. The van der Waals surface area contributed by atoms with Gasteiger partial charge in [-0.15, -0.1) is 0 Å². The van der Waals surface area contributed by atoms with Gasteiger partial charge in [-0.2, -0.15) is 18.3 Å². The van der Waals surface area contributed by atoms with Gasteiger partial charge in [0.1, 0.15) is 6.61 Å². The van der Waals surface area contributed by atoms with Crippen molar-refractivity contribution in [3.05, 3.63) is 17.0 Å². The summed E-state index contributed by atoms with van der Waals surface area (Å²) in [6.45, 7) is 7.29. The molecule has 0 bridgehead atoms. The molecule has 1 aromatic heterocycles. The number of ether oxygens (including phenoxy) is 1. The van der Waals surface area contributed by atoms with Crippen LogP contribution in [0.3, 0.4) is 0 Å². The van der Waals surface area contributed by atoms with E-state index >= 15 is 0 Å². The molecule has 1 N–H and O–H groups in total. The Morgan fingerprint density at radius 3 is 2.57 bits per heavy atom. The summed E-state index contributed by atoms with van der Waals surface area (Å²) in [5, 5.41) is 6.98. The summed E-state index contributed by atoms with van der Waals surface area (Å²) in [7, 11) is 0. The number of carbonyl (C=O) groups excluding carboxylic acids is 1. The third kappa shape index (κ3) is 7.02. The normalized spacial score (nSPS) is 12.0. The molecule has 0 saturated heterocycles. The molecule has 5 nitrogen and oxygen atoms in total. The van der Waals surface area contributed by atoms with E-state index in [1.165, 1.54) is 0 Å². The number of hydrogen-bond acceptors (Lipinski definition) is 3. The van der Waals surface area contributed by atoms with Crippen molar-refractivity contribution in [3.63, 3.8) is 0 Å². The maximum absolute atomic E-state index is 11.9. The van der Waals surface area contributed by atoms with Crippen LogP contribution in [0.5, 0.6) is 0 Å². The van der Waals surface area contributed by atoms with Crippen molar-refractivity contribution >= 4 is 5.91 Å². The number of aryl methyl sites for hydroxylation is 1. The van der Waals surface area contributed by atoms with E-state index in [1.54, 1.807) is 0 Å². The second kappa shape index (κ2) is 8.33. The number of nitrogens with zero attached hydrogens (tertiary/aromatic N) is 2. The summed E-state index contributed by atoms with van der Waals surface area (Å²) < 4.78 is 42.0. The summed E-state index contributed by atoms with van der Waals surface area (Å²) in [6.07, 6.45) is -4.18. The Morgan fingerprint density at radius 1 is 1.35 bits per heavy atom. The van der Waals surface area contributed by atoms with Crippen LogP contribution >= 0.6 is 0 Å². The highest BCUT2D eigenvalue weighted by Crippen LogP contribution is 2.15. The van der Waals surface area contributed by atoms with Crippen LogP contribution in [-0.2, 0) is 22.5 Å². The highest BCUT2D eigenvalue weighted by atomic mass is 19.4. The SMILES string of the molecule is Cc1nn(CC(C)C)c(C)c1CC(=O)NCCOCC(F)(F)F. The van der Waals surface area contributed by atoms with Gasteiger partial charge in [0.15, 0.2) is 0 Å². The predicted octanol–water partition coefficient (Wildman–Crippen LogP) is 2.39. The average Bonchev–Trinajstić information content (AvgIpc) is 2.64. The molecule has 0 aliphatic rings. The highest BCUT2D eigenvalue weighted by molar-refractivity contribution is 5.79. The molecule has 0 saturated carbocycles. The first-order chi connectivity index (χ1) is 10.6. The van der Waals surface area contributed by atoms with Crippen LogP contribution in [0.2, 0.25) is 0 Å². The van der Waals surface area contributed by atoms with Crippen molar-refractivity contribution in [2.45, 2.75) is 46.8 Å². The maximum Gasteiger partial charge on any atom is 0.411 e. The van der Waals surface area contributed by atoms with Crippen molar-refractivity contribution in [1.82, 2.24) is 15.1 Å². The number of hydrogen-bond donors (Lipinski definition) is 1. The molecule has 0 fully saturated rings. The lowest BCUT2D eigenvalue weighted by molar-refractivity contribution is -0.173. The molecule has 1 amide bonds. The van der Waals surface area contributed by atoms with Crippen molar-refractivity contribution in [2.75, 3.05) is 19.8 Å². The van der Waals surface area contributed by atoms with Gasteiger partial charge in [-0.25, -0.2) is 0 Å². The monoisotopic (exact) mass is 335 g/mol. The Morgan fingerprint density at radius 2 is 2.00 bits per heavy atom. The fraction of sp³-hybridized carbons (Fsp3) is 0.733. The van der Waals surface area contributed by atoms with Gasteiger partial charge in [0, 0.05) is 24.3 Å². The van der Waals surface area contributed by atoms with Crippen molar-refractivity contribution in [1.29, 1.82) is 0 Å². The van der Waals surface area contributed by atoms with Gasteiger partial charge in [0.05, 0.1) is 18.7 Å². The zero-order chi connectivity index (χ0) is 17.6. The van der Waals surface area contributed by atoms with Gasteiger partial charge < -0.3 is 10.1 Å². The minimum absolute atomic E-state index is 0.0487. The molecule has 0 radical (unpaired) electrons. The van der Waals surface area contributed by atoms with Crippen LogP contribution in [-0.4, -0.2) is 41.6 Å². The first-order valence-corrected chi connectivity index (χ1v) is 7.54. The molecule has 0 aromatic carbocycles. The fourth-order valence-corrected chi connectivity index (χ4v) is 2.19. The number of halogens is 3. The summed E-state index contributed by atoms with van der Waals surface area (Å²) in [4.78, 5) is 11.9. The Hall–Kier alpha value is -1.57. The summed E-state index contributed by atoms with van der Waals surface area (Å²) in [5.74, 6) is 0.191. The molecular weight excluding hydrogens is 311 g/mol. The lowest BCUT2D eigenvalue weighted by atomic mass is 10.1. The van der Waals surface area contributed by atoms with Gasteiger partial charge in [-0.1, -0.05) is 13.8 Å². The molecule has 8 heteroatoms. The second-order valence-corrected chi connectivity index (χ2v) is 5.92. The molecule has 0 atom stereocenters. The highest BCUT2D eigenvalue weighted by Gasteiger charge is 2.27. The average molecular weight is 335 g/mol. The summed E-state index contributed by atoms with van der Waals surface area (Å²) in [5.41, 5.74) is 2.60. The number of amides is 1. The Balaban J connectivity index is 2.44. The van der Waals surface area contributed by atoms with E-state index in [4.69, 9.17) is 0 Å². The number of carbonyl (C=O) groups is 1. The van der Waals surface area contributed by atoms with Crippen LogP contribution in [0, 0.1) is 19.8 Å². The molecule has 1 heterocycles. The minimum Gasteiger partial charge on any atom is -0.370 e. The van der Waals surface area contributed by atoms with Crippen LogP contribution in [0.1, 0.15) is 30.8 Å². The third-order valence-corrected chi connectivity index (χ3v) is 3.24. The van der Waals surface area contributed by atoms with Gasteiger partial charge in [-0.3, -0.25) is 9.48 Å². The zero-order valence-electron chi connectivity index (χ0n) is 14.0. The van der Waals surface area contributed by atoms with E-state index in [2.05, 4.69) is 29.0 Å². The van der Waals surface area contributed by atoms with Crippen LogP contribution in [0.4, 0.5) is 13.2 Å². The summed E-state index contributed by atoms with van der Waals surface area (Å²) in [6, 6.07) is 0. The van der Waals surface area contributed by atoms with Gasteiger partial charge in [0.25, 0.3) is 0 Å². The van der Waals surface area contributed by atoms with E-state index in [0.717, 1.165) is 23.5 Å². The van der Waals surface area contributed by atoms with Crippen LogP contribution in [0.15, 0.2) is 0 Å². The quantitative estimate of drug-likeness (QED) is 0.742. The van der Waals surface area contributed by atoms with E-state index in [0.29, 0.717) is 5.92 Å². The molecule has 0 aliphatic heterocycles. The molecule has 132 valence electrons. The fourth-order valence-electron chi connectivity index (χ4n) is 2.19. The third-order valence-electron chi connectivity index (χ3n) is 3.24. The Labute approximate surface area is 134 Å². The number of nitrogens with one attached hydrogen (secondary N) is 1. The van der Waals surface area contributed by atoms with Gasteiger partial charge >= 0.3 is 6.18 Å². The standard InChI is InChI=1S/C15H24F3N3O2/c1-10(2)8-21-12(4)13(11(3)20-21)7-14(22)19-5-6-23-9-15(16,17)18/h10H,5-9H2,1-4H3,(H,19,22). The largest absolute Gasteiger partial charge is 0.411 e. The number of alkyl halides is 3. The van der Waals surface area contributed by atoms with Gasteiger partial charge in [-0.05, 0) is 19.8 Å². The van der Waals surface area contributed by atoms with Crippen molar-refractivity contribution in [2.24, 2.45) is 5.92 Å². The topological polar surface area (TPSA) is 56.2 Å². The van der Waals surface area contributed by atoms with Crippen molar-refractivity contribution in [3.8, 4) is 0 Å². The lowest BCUT2D eigenvalue weighted by Gasteiger charge is -2.09. The molecule has 0 aliphatic carbocycles. The van der Waals surface area contributed by atoms with Crippen LogP contribution < -0.4 is 5.32 Å². The van der Waals surface area contributed by atoms with Gasteiger partial charge in [0.2, 0.25) is 5.91 Å². The van der Waals surface area contributed by atoms with E-state index < -0.39 is 12.8 Å². The zero-order valence-corrected chi connectivity index (χ0v) is 14.0. The van der Waals surface area contributed by atoms with E-state index in [9.17, 15) is 18.0 Å². The molecule has 23 heavy (non-hydrogen) atoms. The smallest absolute Gasteiger partial charge is 0.370 e. The van der Waals surface area contributed by atoms with Crippen LogP contribution in [0.25, 0.3) is 0 Å². The first kappa shape index (κ1) is 19.5. The predicted molar refractivity (Wildman–Crippen MR) is 80.1 cm³/mol. The molecule has 0 unspecified atom stereocenters. The second-order valence-electron chi connectivity index (χ2n) is 5.92. The van der Waals surface area contributed by atoms with E-state index in [1.807, 2.05) is 18.5 Å². The maximum atomic E-state index is 11.9. The number of rotatable bonds is 8. The first-order valence-electron chi connectivity index (χ1n) is 7.54. The molecule has 0 spiro atoms. The Kier molecular flexibility index (Phi) is 7.05. The minimum atomic E-state index is -4.34. The van der Waals surface area contributed by atoms with Crippen molar-refractivity contribution < 1.29 is 22.7 Å². The number of aromatic nitrogens is 2. The Bertz CT molecular complexity index is 525. The molecular formula is C15H24F3N3O2. The summed E-state index contributed by atoms with van der Waals surface area (Å²) >= 11 is 0. The molecule has 1 rings (SSSR count). The lowest BCUT2D eigenvalue weighted by Crippen LogP contribution is -2.30.